The number of carbonyl (C=O) groups excluding carboxylic acids is 3. The average molecular weight is 435 g/mol. The van der Waals surface area contributed by atoms with Crippen molar-refractivity contribution in [3.05, 3.63) is 76.8 Å². The van der Waals surface area contributed by atoms with Crippen molar-refractivity contribution in [2.45, 2.75) is 32.2 Å². The molecule has 0 spiro atoms. The smallest absolute Gasteiger partial charge is 0.322 e. The number of aromatic nitrogens is 1. The highest BCUT2D eigenvalue weighted by molar-refractivity contribution is 7.17. The summed E-state index contributed by atoms with van der Waals surface area (Å²) >= 11 is 1.22. The number of urea groups is 1. The molecular weight excluding hydrogens is 412 g/mol. The van der Waals surface area contributed by atoms with E-state index < -0.39 is 23.4 Å². The number of imide groups is 1. The monoisotopic (exact) mass is 434 g/mol. The molecule has 2 heterocycles. The van der Waals surface area contributed by atoms with Crippen LogP contribution in [0.5, 0.6) is 0 Å². The Kier molecular flexibility index (Phi) is 5.56. The van der Waals surface area contributed by atoms with Crippen LogP contribution in [-0.4, -0.2) is 33.4 Å². The fourth-order valence-corrected chi connectivity index (χ4v) is 4.42. The molecule has 1 fully saturated rings. The molecule has 0 aliphatic carbocycles. The van der Waals surface area contributed by atoms with Gasteiger partial charge in [-0.15, -0.1) is 11.3 Å². The van der Waals surface area contributed by atoms with E-state index >= 15 is 0 Å². The van der Waals surface area contributed by atoms with Crippen molar-refractivity contribution < 1.29 is 14.4 Å². The maximum atomic E-state index is 13.0. The second-order valence-electron chi connectivity index (χ2n) is 7.63. The van der Waals surface area contributed by atoms with Gasteiger partial charge in [0, 0.05) is 5.56 Å². The number of nitrogens with one attached hydrogen (secondary N) is 2. The molecule has 4 rings (SSSR count). The van der Waals surface area contributed by atoms with E-state index in [4.69, 9.17) is 0 Å². The maximum absolute atomic E-state index is 13.0. The van der Waals surface area contributed by atoms with Crippen LogP contribution in [-0.2, 0) is 11.2 Å². The van der Waals surface area contributed by atoms with Crippen molar-refractivity contribution in [2.75, 3.05) is 0 Å². The predicted octanol–water partition coefficient (Wildman–Crippen LogP) is 3.71. The SMILES string of the molecule is Cc1nc(-c2ccccc2)sc1C(=O)NN1C(=O)N[C@](C)(CCc2ccccc2)C1=O. The molecule has 7 nitrogen and oxygen atoms in total. The lowest BCUT2D eigenvalue weighted by atomic mass is 9.93. The molecule has 0 unspecified atom stereocenters. The number of amides is 4. The van der Waals surface area contributed by atoms with Gasteiger partial charge in [-0.05, 0) is 32.3 Å². The van der Waals surface area contributed by atoms with Gasteiger partial charge in [0.25, 0.3) is 11.8 Å². The fraction of sp³-hybridized carbons (Fsp3) is 0.217. The molecule has 8 heteroatoms. The second-order valence-corrected chi connectivity index (χ2v) is 8.63. The zero-order valence-corrected chi connectivity index (χ0v) is 18.0. The predicted molar refractivity (Wildman–Crippen MR) is 118 cm³/mol. The molecule has 2 N–H and O–H groups in total. The average Bonchev–Trinajstić information content (AvgIpc) is 3.27. The lowest BCUT2D eigenvalue weighted by Gasteiger charge is -2.21. The first-order chi connectivity index (χ1) is 14.9. The quantitative estimate of drug-likeness (QED) is 0.579. The highest BCUT2D eigenvalue weighted by Gasteiger charge is 2.48. The summed E-state index contributed by atoms with van der Waals surface area (Å²) in [7, 11) is 0. The van der Waals surface area contributed by atoms with E-state index in [0.717, 1.165) is 16.1 Å². The van der Waals surface area contributed by atoms with Crippen LogP contribution in [0.25, 0.3) is 10.6 Å². The Morgan fingerprint density at radius 1 is 1.10 bits per heavy atom. The normalized spacial score (nSPS) is 18.2. The van der Waals surface area contributed by atoms with Crippen molar-refractivity contribution in [3.8, 4) is 10.6 Å². The van der Waals surface area contributed by atoms with Crippen LogP contribution >= 0.6 is 11.3 Å². The minimum absolute atomic E-state index is 0.359. The van der Waals surface area contributed by atoms with E-state index in [9.17, 15) is 14.4 Å². The molecule has 2 aromatic carbocycles. The molecule has 158 valence electrons. The first-order valence-corrected chi connectivity index (χ1v) is 10.7. The summed E-state index contributed by atoms with van der Waals surface area (Å²) in [4.78, 5) is 43.1. The molecule has 3 aromatic rings. The molecule has 1 aliphatic heterocycles. The van der Waals surface area contributed by atoms with Crippen LogP contribution in [0.3, 0.4) is 0 Å². The molecule has 4 amide bonds. The number of thiazole rings is 1. The van der Waals surface area contributed by atoms with Crippen LogP contribution in [0.1, 0.15) is 34.3 Å². The van der Waals surface area contributed by atoms with E-state index in [0.29, 0.717) is 28.4 Å². The van der Waals surface area contributed by atoms with Gasteiger partial charge in [-0.3, -0.25) is 15.0 Å². The minimum atomic E-state index is -1.09. The molecule has 0 radical (unpaired) electrons. The van der Waals surface area contributed by atoms with Crippen LogP contribution in [0.2, 0.25) is 0 Å². The van der Waals surface area contributed by atoms with Gasteiger partial charge in [0.2, 0.25) is 0 Å². The molecule has 1 aliphatic rings. The number of hydrazine groups is 1. The Balaban J connectivity index is 1.47. The number of carbonyl (C=O) groups is 3. The molecule has 31 heavy (non-hydrogen) atoms. The van der Waals surface area contributed by atoms with Crippen LogP contribution in [0.15, 0.2) is 60.7 Å². The third kappa shape index (κ3) is 4.20. The van der Waals surface area contributed by atoms with Crippen LogP contribution in [0.4, 0.5) is 4.79 Å². The summed E-state index contributed by atoms with van der Waals surface area (Å²) in [5.74, 6) is -1.01. The molecule has 0 bridgehead atoms. The highest BCUT2D eigenvalue weighted by Crippen LogP contribution is 2.28. The second kappa shape index (κ2) is 8.31. The van der Waals surface area contributed by atoms with Gasteiger partial charge in [-0.2, -0.15) is 5.01 Å². The number of benzene rings is 2. The largest absolute Gasteiger partial charge is 0.344 e. The molecule has 1 atom stereocenters. The number of hydrogen-bond donors (Lipinski definition) is 2. The number of hydrogen-bond acceptors (Lipinski definition) is 5. The number of aryl methyl sites for hydroxylation is 2. The topological polar surface area (TPSA) is 91.4 Å². The lowest BCUT2D eigenvalue weighted by molar-refractivity contribution is -0.132. The van der Waals surface area contributed by atoms with Crippen LogP contribution < -0.4 is 10.7 Å². The first-order valence-electron chi connectivity index (χ1n) is 9.92. The molecule has 1 saturated heterocycles. The van der Waals surface area contributed by atoms with Crippen molar-refractivity contribution >= 4 is 29.2 Å². The van der Waals surface area contributed by atoms with E-state index in [2.05, 4.69) is 15.7 Å². The van der Waals surface area contributed by atoms with E-state index in [1.165, 1.54) is 11.3 Å². The summed E-state index contributed by atoms with van der Waals surface area (Å²) in [6.45, 7) is 3.40. The third-order valence-electron chi connectivity index (χ3n) is 5.25. The fourth-order valence-electron chi connectivity index (χ4n) is 3.46. The standard InChI is InChI=1S/C23H22N4O3S/c1-15-18(31-20(24-15)17-11-7-4-8-12-17)19(28)26-27-21(29)23(2,25-22(27)30)14-13-16-9-5-3-6-10-16/h3-12H,13-14H2,1-2H3,(H,25,30)(H,26,28)/t23-/m1/s1. The first kappa shape index (κ1) is 20.7. The van der Waals surface area contributed by atoms with Crippen molar-refractivity contribution in [1.82, 2.24) is 20.7 Å². The van der Waals surface area contributed by atoms with Gasteiger partial charge in [-0.25, -0.2) is 9.78 Å². The lowest BCUT2D eigenvalue weighted by Crippen LogP contribution is -2.48. The van der Waals surface area contributed by atoms with Gasteiger partial charge in [-0.1, -0.05) is 60.7 Å². The van der Waals surface area contributed by atoms with Crippen molar-refractivity contribution in [2.24, 2.45) is 0 Å². The summed E-state index contributed by atoms with van der Waals surface area (Å²) < 4.78 is 0. The Bertz CT molecular complexity index is 1130. The zero-order valence-electron chi connectivity index (χ0n) is 17.2. The Morgan fingerprint density at radius 2 is 1.74 bits per heavy atom. The van der Waals surface area contributed by atoms with Crippen molar-refractivity contribution in [3.63, 3.8) is 0 Å². The highest BCUT2D eigenvalue weighted by atomic mass is 32.1. The molecular formula is C23H22N4O3S. The Hall–Kier alpha value is -3.52. The van der Waals surface area contributed by atoms with Gasteiger partial charge in [0.1, 0.15) is 15.4 Å². The summed E-state index contributed by atoms with van der Waals surface area (Å²) in [6, 6.07) is 18.6. The third-order valence-corrected chi connectivity index (χ3v) is 6.46. The van der Waals surface area contributed by atoms with Gasteiger partial charge in [0.15, 0.2) is 0 Å². The summed E-state index contributed by atoms with van der Waals surface area (Å²) in [5, 5.41) is 4.19. The van der Waals surface area contributed by atoms with Crippen LogP contribution in [0, 0.1) is 6.92 Å². The van der Waals surface area contributed by atoms with Gasteiger partial charge in [0.05, 0.1) is 5.69 Å². The van der Waals surface area contributed by atoms with Crippen molar-refractivity contribution in [1.29, 1.82) is 0 Å². The summed E-state index contributed by atoms with van der Waals surface area (Å²) in [6.07, 6.45) is 1.05. The van der Waals surface area contributed by atoms with Gasteiger partial charge >= 0.3 is 6.03 Å². The molecule has 0 saturated carbocycles. The molecule has 1 aromatic heterocycles. The van der Waals surface area contributed by atoms with E-state index in [-0.39, 0.29) is 0 Å². The maximum Gasteiger partial charge on any atom is 0.344 e. The Morgan fingerprint density at radius 3 is 2.42 bits per heavy atom. The van der Waals surface area contributed by atoms with Gasteiger partial charge < -0.3 is 5.32 Å². The number of nitrogens with zero attached hydrogens (tertiary/aromatic N) is 2. The van der Waals surface area contributed by atoms with E-state index in [1.54, 1.807) is 13.8 Å². The zero-order chi connectivity index (χ0) is 22.0. The van der Waals surface area contributed by atoms with E-state index in [1.807, 2.05) is 60.7 Å². The minimum Gasteiger partial charge on any atom is -0.322 e. The Labute approximate surface area is 184 Å². The summed E-state index contributed by atoms with van der Waals surface area (Å²) in [5.41, 5.74) is 3.89. The number of rotatable bonds is 6.